The third-order valence-corrected chi connectivity index (χ3v) is 2.59. The molecule has 0 unspecified atom stereocenters. The van der Waals surface area contributed by atoms with Crippen molar-refractivity contribution in [1.29, 1.82) is 0 Å². The molecule has 0 aromatic heterocycles. The highest BCUT2D eigenvalue weighted by molar-refractivity contribution is 5.91. The normalized spacial score (nSPS) is 10.8. The molecule has 0 saturated heterocycles. The Labute approximate surface area is 109 Å². The van der Waals surface area contributed by atoms with Gasteiger partial charge in [0.1, 0.15) is 17.1 Å². The molecule has 2 aromatic rings. The second-order valence-electron chi connectivity index (χ2n) is 3.97. The Balaban J connectivity index is 2.26. The first-order valence-corrected chi connectivity index (χ1v) is 5.56. The van der Waals surface area contributed by atoms with E-state index in [-0.39, 0.29) is 17.1 Å². The summed E-state index contributed by atoms with van der Waals surface area (Å²) in [6.07, 6.45) is 3.43. The molecule has 0 bridgehead atoms. The lowest BCUT2D eigenvalue weighted by molar-refractivity contribution is 0.0693. The van der Waals surface area contributed by atoms with Gasteiger partial charge in [0.05, 0.1) is 0 Å². The maximum absolute atomic E-state index is 12.7. The van der Waals surface area contributed by atoms with E-state index in [2.05, 4.69) is 0 Å². The van der Waals surface area contributed by atoms with Gasteiger partial charge in [-0.1, -0.05) is 30.4 Å². The molecule has 4 heteroatoms. The minimum atomic E-state index is -1.19. The van der Waals surface area contributed by atoms with Crippen molar-refractivity contribution >= 4 is 18.1 Å². The van der Waals surface area contributed by atoms with Crippen LogP contribution in [-0.2, 0) is 0 Å². The molecule has 19 heavy (non-hydrogen) atoms. The van der Waals surface area contributed by atoms with Crippen LogP contribution in [0.25, 0.3) is 12.2 Å². The van der Waals surface area contributed by atoms with Crippen molar-refractivity contribution in [2.24, 2.45) is 0 Å². The molecule has 0 radical (unpaired) electrons. The molecular formula is C15H11FO3. The molecule has 0 atom stereocenters. The van der Waals surface area contributed by atoms with Crippen LogP contribution in [0.1, 0.15) is 21.5 Å². The van der Waals surface area contributed by atoms with E-state index in [1.54, 1.807) is 30.4 Å². The third kappa shape index (κ3) is 3.19. The first kappa shape index (κ1) is 12.8. The summed E-state index contributed by atoms with van der Waals surface area (Å²) in [5.74, 6) is -1.77. The molecule has 96 valence electrons. The molecule has 0 aliphatic rings. The molecule has 2 N–H and O–H groups in total. The summed E-state index contributed by atoms with van der Waals surface area (Å²) in [7, 11) is 0. The average molecular weight is 258 g/mol. The fraction of sp³-hybridized carbons (Fsp3) is 0. The molecule has 0 spiro atoms. The first-order chi connectivity index (χ1) is 9.06. The number of aromatic hydroxyl groups is 1. The zero-order chi connectivity index (χ0) is 13.8. The number of carboxylic acids is 1. The van der Waals surface area contributed by atoms with Crippen molar-refractivity contribution < 1.29 is 19.4 Å². The van der Waals surface area contributed by atoms with E-state index < -0.39 is 5.97 Å². The lowest BCUT2D eigenvalue weighted by Gasteiger charge is -2.01. The Morgan fingerprint density at radius 3 is 2.21 bits per heavy atom. The van der Waals surface area contributed by atoms with Crippen molar-refractivity contribution in [1.82, 2.24) is 0 Å². The summed E-state index contributed by atoms with van der Waals surface area (Å²) in [5, 5.41) is 18.3. The van der Waals surface area contributed by atoms with Crippen LogP contribution in [0.15, 0.2) is 42.5 Å². The maximum Gasteiger partial charge on any atom is 0.339 e. The van der Waals surface area contributed by atoms with Crippen LogP contribution in [0.3, 0.4) is 0 Å². The molecule has 0 saturated carbocycles. The monoisotopic (exact) mass is 258 g/mol. The first-order valence-electron chi connectivity index (χ1n) is 5.56. The van der Waals surface area contributed by atoms with Crippen LogP contribution in [0.2, 0.25) is 0 Å². The van der Waals surface area contributed by atoms with Gasteiger partial charge in [-0.2, -0.15) is 0 Å². The molecular weight excluding hydrogens is 247 g/mol. The number of halogens is 1. The minimum Gasteiger partial charge on any atom is -0.507 e. The van der Waals surface area contributed by atoms with Crippen molar-refractivity contribution in [3.05, 3.63) is 65.0 Å². The predicted octanol–water partition coefficient (Wildman–Crippen LogP) is 3.40. The summed E-state index contributed by atoms with van der Waals surface area (Å²) in [6.45, 7) is 0. The summed E-state index contributed by atoms with van der Waals surface area (Å²) in [6, 6.07) is 10.2. The van der Waals surface area contributed by atoms with E-state index in [4.69, 9.17) is 5.11 Å². The van der Waals surface area contributed by atoms with E-state index in [0.717, 1.165) is 5.56 Å². The highest BCUT2D eigenvalue weighted by atomic mass is 19.1. The van der Waals surface area contributed by atoms with E-state index in [0.29, 0.717) is 5.56 Å². The average Bonchev–Trinajstić information content (AvgIpc) is 2.39. The highest BCUT2D eigenvalue weighted by Gasteiger charge is 2.08. The van der Waals surface area contributed by atoms with Crippen LogP contribution >= 0.6 is 0 Å². The van der Waals surface area contributed by atoms with E-state index >= 15 is 0 Å². The zero-order valence-corrected chi connectivity index (χ0v) is 9.88. The topological polar surface area (TPSA) is 57.5 Å². The number of hydrogen-bond donors (Lipinski definition) is 2. The fourth-order valence-electron chi connectivity index (χ4n) is 1.59. The van der Waals surface area contributed by atoms with Crippen LogP contribution in [0.5, 0.6) is 5.75 Å². The lowest BCUT2D eigenvalue weighted by atomic mass is 10.1. The van der Waals surface area contributed by atoms with Crippen LogP contribution in [-0.4, -0.2) is 16.2 Å². The van der Waals surface area contributed by atoms with Gasteiger partial charge in [-0.05, 0) is 35.4 Å². The molecule has 0 amide bonds. The van der Waals surface area contributed by atoms with Gasteiger partial charge < -0.3 is 10.2 Å². The second kappa shape index (κ2) is 5.35. The SMILES string of the molecule is O=C(O)c1cc(/C=C/c2ccc(F)cc2)ccc1O. The van der Waals surface area contributed by atoms with Gasteiger partial charge >= 0.3 is 5.97 Å². The Morgan fingerprint density at radius 1 is 1.00 bits per heavy atom. The summed E-state index contributed by atoms with van der Waals surface area (Å²) in [5.41, 5.74) is 1.28. The predicted molar refractivity (Wildman–Crippen MR) is 70.4 cm³/mol. The Hall–Kier alpha value is -2.62. The number of carboxylic acid groups (broad SMARTS) is 1. The molecule has 2 aromatic carbocycles. The summed E-state index contributed by atoms with van der Waals surface area (Å²) >= 11 is 0. The van der Waals surface area contributed by atoms with Crippen molar-refractivity contribution in [2.45, 2.75) is 0 Å². The van der Waals surface area contributed by atoms with Gasteiger partial charge in [0.15, 0.2) is 0 Å². The molecule has 0 aliphatic carbocycles. The Bertz CT molecular complexity index is 630. The van der Waals surface area contributed by atoms with Gasteiger partial charge in [-0.15, -0.1) is 0 Å². The number of aromatic carboxylic acids is 1. The lowest BCUT2D eigenvalue weighted by Crippen LogP contribution is -1.96. The number of carbonyl (C=O) groups is 1. The molecule has 0 aliphatic heterocycles. The fourth-order valence-corrected chi connectivity index (χ4v) is 1.59. The maximum atomic E-state index is 12.7. The Kier molecular flexibility index (Phi) is 3.61. The molecule has 2 rings (SSSR count). The number of rotatable bonds is 3. The van der Waals surface area contributed by atoms with Gasteiger partial charge in [0.2, 0.25) is 0 Å². The van der Waals surface area contributed by atoms with Gasteiger partial charge in [-0.25, -0.2) is 9.18 Å². The van der Waals surface area contributed by atoms with Crippen molar-refractivity contribution in [2.75, 3.05) is 0 Å². The molecule has 3 nitrogen and oxygen atoms in total. The zero-order valence-electron chi connectivity index (χ0n) is 9.88. The summed E-state index contributed by atoms with van der Waals surface area (Å²) < 4.78 is 12.7. The van der Waals surface area contributed by atoms with Gasteiger partial charge in [0, 0.05) is 0 Å². The van der Waals surface area contributed by atoms with E-state index in [1.807, 2.05) is 0 Å². The number of hydrogen-bond acceptors (Lipinski definition) is 2. The van der Waals surface area contributed by atoms with Crippen LogP contribution in [0, 0.1) is 5.82 Å². The summed E-state index contributed by atoms with van der Waals surface area (Å²) in [4.78, 5) is 10.9. The van der Waals surface area contributed by atoms with E-state index in [1.165, 1.54) is 24.3 Å². The number of benzene rings is 2. The highest BCUT2D eigenvalue weighted by Crippen LogP contribution is 2.20. The van der Waals surface area contributed by atoms with Crippen molar-refractivity contribution in [3.63, 3.8) is 0 Å². The quantitative estimate of drug-likeness (QED) is 0.829. The van der Waals surface area contributed by atoms with E-state index in [9.17, 15) is 14.3 Å². The Morgan fingerprint density at radius 2 is 1.58 bits per heavy atom. The molecule has 0 fully saturated rings. The smallest absolute Gasteiger partial charge is 0.339 e. The third-order valence-electron chi connectivity index (χ3n) is 2.59. The van der Waals surface area contributed by atoms with Crippen molar-refractivity contribution in [3.8, 4) is 5.75 Å². The van der Waals surface area contributed by atoms with Gasteiger partial charge in [-0.3, -0.25) is 0 Å². The van der Waals surface area contributed by atoms with Crippen LogP contribution < -0.4 is 0 Å². The minimum absolute atomic E-state index is 0.152. The molecule has 0 heterocycles. The van der Waals surface area contributed by atoms with Crippen LogP contribution in [0.4, 0.5) is 4.39 Å². The standard InChI is InChI=1S/C15H11FO3/c16-12-6-3-10(4-7-12)1-2-11-5-8-14(17)13(9-11)15(18)19/h1-9,17H,(H,18,19)/b2-1+. The largest absolute Gasteiger partial charge is 0.507 e. The van der Waals surface area contributed by atoms with Gasteiger partial charge in [0.25, 0.3) is 0 Å². The second-order valence-corrected chi connectivity index (χ2v) is 3.97. The number of phenols is 1.